The van der Waals surface area contributed by atoms with Gasteiger partial charge < -0.3 is 0 Å². The molecule has 0 bridgehead atoms. The van der Waals surface area contributed by atoms with Crippen molar-refractivity contribution in [3.63, 3.8) is 0 Å². The molecule has 17 heavy (non-hydrogen) atoms. The van der Waals surface area contributed by atoms with Crippen LogP contribution in [0.25, 0.3) is 0 Å². The van der Waals surface area contributed by atoms with Crippen LogP contribution in [0.1, 0.15) is 12.0 Å². The number of hydrogen-bond acceptors (Lipinski definition) is 3. The lowest BCUT2D eigenvalue weighted by Crippen LogP contribution is -2.29. The van der Waals surface area contributed by atoms with Gasteiger partial charge in [0.05, 0.1) is 16.3 Å². The fraction of sp³-hybridized carbons (Fsp3) is 0.300. The average molecular weight is 296 g/mol. The summed E-state index contributed by atoms with van der Waals surface area (Å²) in [6.07, 6.45) is 1.41. The first-order chi connectivity index (χ1) is 7.78. The highest BCUT2D eigenvalue weighted by Crippen LogP contribution is 2.23. The zero-order valence-corrected chi connectivity index (χ0v) is 11.4. The summed E-state index contributed by atoms with van der Waals surface area (Å²) in [6.45, 7) is 0. The van der Waals surface area contributed by atoms with Crippen molar-refractivity contribution in [2.45, 2.75) is 12.8 Å². The van der Waals surface area contributed by atoms with Gasteiger partial charge in [-0.1, -0.05) is 29.3 Å². The summed E-state index contributed by atoms with van der Waals surface area (Å²) < 4.78 is 23.5. The first-order valence-corrected chi connectivity index (χ1v) is 7.37. The fourth-order valence-corrected chi connectivity index (χ4v) is 2.05. The molecule has 0 radical (unpaired) electrons. The highest BCUT2D eigenvalue weighted by atomic mass is 35.5. The maximum absolute atomic E-state index is 11.2. The van der Waals surface area contributed by atoms with E-state index in [1.807, 2.05) is 4.72 Å². The van der Waals surface area contributed by atoms with Gasteiger partial charge in [-0.25, -0.2) is 8.42 Å². The van der Waals surface area contributed by atoms with Crippen molar-refractivity contribution in [2.24, 2.45) is 0 Å². The molecule has 0 aliphatic heterocycles. The third-order valence-electron chi connectivity index (χ3n) is 1.92. The van der Waals surface area contributed by atoms with Gasteiger partial charge in [0.2, 0.25) is 15.9 Å². The number of sulfonamides is 1. The van der Waals surface area contributed by atoms with Gasteiger partial charge in [-0.3, -0.25) is 9.52 Å². The Morgan fingerprint density at radius 1 is 1.29 bits per heavy atom. The highest BCUT2D eigenvalue weighted by Gasteiger charge is 2.08. The molecular weight excluding hydrogens is 285 g/mol. The van der Waals surface area contributed by atoms with E-state index in [0.717, 1.165) is 11.8 Å². The summed E-state index contributed by atoms with van der Waals surface area (Å²) in [6, 6.07) is 5.02. The maximum atomic E-state index is 11.2. The molecule has 1 aromatic carbocycles. The first-order valence-electron chi connectivity index (χ1n) is 4.72. The predicted octanol–water partition coefficient (Wildman–Crippen LogP) is 2.00. The van der Waals surface area contributed by atoms with Gasteiger partial charge >= 0.3 is 0 Å². The van der Waals surface area contributed by atoms with E-state index in [1.165, 1.54) is 0 Å². The van der Waals surface area contributed by atoms with Crippen LogP contribution in [0.5, 0.6) is 0 Å². The minimum atomic E-state index is -3.49. The third-order valence-corrected chi connectivity index (χ3v) is 3.26. The van der Waals surface area contributed by atoms with Gasteiger partial charge in [0.1, 0.15) is 0 Å². The Labute approximate surface area is 110 Å². The van der Waals surface area contributed by atoms with Crippen molar-refractivity contribution in [2.75, 3.05) is 6.26 Å². The molecule has 0 aromatic heterocycles. The van der Waals surface area contributed by atoms with E-state index in [0.29, 0.717) is 16.5 Å². The molecule has 1 rings (SSSR count). The first kappa shape index (κ1) is 14.3. The van der Waals surface area contributed by atoms with Crippen LogP contribution in [0.3, 0.4) is 0 Å². The second-order valence-corrected chi connectivity index (χ2v) is 6.11. The number of rotatable bonds is 4. The van der Waals surface area contributed by atoms with E-state index in [2.05, 4.69) is 0 Å². The molecule has 94 valence electrons. The smallest absolute Gasteiger partial charge is 0.233 e. The number of amides is 1. The number of carbonyl (C=O) groups excluding carboxylic acids is 1. The summed E-state index contributed by atoms with van der Waals surface area (Å²) >= 11 is 11.5. The Kier molecular flexibility index (Phi) is 4.80. The number of hydrogen-bond donors (Lipinski definition) is 1. The molecule has 1 aromatic rings. The monoisotopic (exact) mass is 295 g/mol. The minimum absolute atomic E-state index is 0.0744. The van der Waals surface area contributed by atoms with E-state index >= 15 is 0 Å². The van der Waals surface area contributed by atoms with Crippen LogP contribution < -0.4 is 4.72 Å². The SMILES string of the molecule is CS(=O)(=O)NC(=O)CCc1ccc(Cl)c(Cl)c1. The van der Waals surface area contributed by atoms with Crippen LogP contribution in [0.4, 0.5) is 0 Å². The lowest BCUT2D eigenvalue weighted by Gasteiger charge is -2.04. The quantitative estimate of drug-likeness (QED) is 0.924. The fourth-order valence-electron chi connectivity index (χ4n) is 1.21. The number of carbonyl (C=O) groups is 1. The average Bonchev–Trinajstić information content (AvgIpc) is 2.17. The number of halogens is 2. The van der Waals surface area contributed by atoms with Crippen molar-refractivity contribution in [1.82, 2.24) is 4.72 Å². The van der Waals surface area contributed by atoms with Gasteiger partial charge in [-0.2, -0.15) is 0 Å². The van der Waals surface area contributed by atoms with Gasteiger partial charge in [0.15, 0.2) is 0 Å². The van der Waals surface area contributed by atoms with Crippen molar-refractivity contribution in [3.8, 4) is 0 Å². The lowest BCUT2D eigenvalue weighted by molar-refractivity contribution is -0.119. The van der Waals surface area contributed by atoms with Crippen LogP contribution in [0.2, 0.25) is 10.0 Å². The van der Waals surface area contributed by atoms with Crippen LogP contribution in [0.15, 0.2) is 18.2 Å². The molecule has 0 aliphatic carbocycles. The largest absolute Gasteiger partial charge is 0.274 e. The second-order valence-electron chi connectivity index (χ2n) is 3.55. The summed E-state index contributed by atoms with van der Waals surface area (Å²) in [5, 5.41) is 0.851. The van der Waals surface area contributed by atoms with E-state index in [1.54, 1.807) is 18.2 Å². The van der Waals surface area contributed by atoms with Crippen LogP contribution in [-0.4, -0.2) is 20.6 Å². The molecule has 0 atom stereocenters. The molecule has 1 amide bonds. The molecule has 0 spiro atoms. The number of aryl methyl sites for hydroxylation is 1. The molecule has 7 heteroatoms. The molecule has 4 nitrogen and oxygen atoms in total. The zero-order valence-electron chi connectivity index (χ0n) is 9.04. The highest BCUT2D eigenvalue weighted by molar-refractivity contribution is 7.89. The summed E-state index contributed by atoms with van der Waals surface area (Å²) in [5.41, 5.74) is 0.822. The topological polar surface area (TPSA) is 63.2 Å². The second kappa shape index (κ2) is 5.71. The van der Waals surface area contributed by atoms with Crippen molar-refractivity contribution < 1.29 is 13.2 Å². The molecule has 0 unspecified atom stereocenters. The molecule has 0 heterocycles. The standard InChI is InChI=1S/C10H11Cl2NO3S/c1-17(15,16)13-10(14)5-3-7-2-4-8(11)9(12)6-7/h2,4,6H,3,5H2,1H3,(H,13,14). The lowest BCUT2D eigenvalue weighted by atomic mass is 10.1. The molecule has 0 saturated heterocycles. The maximum Gasteiger partial charge on any atom is 0.233 e. The Balaban J connectivity index is 2.56. The Hall–Kier alpha value is -0.780. The van der Waals surface area contributed by atoms with E-state index in [-0.39, 0.29) is 6.42 Å². The minimum Gasteiger partial charge on any atom is -0.274 e. The van der Waals surface area contributed by atoms with E-state index in [4.69, 9.17) is 23.2 Å². The van der Waals surface area contributed by atoms with E-state index in [9.17, 15) is 13.2 Å². The molecule has 0 fully saturated rings. The molecular formula is C10H11Cl2NO3S. The molecule has 1 N–H and O–H groups in total. The van der Waals surface area contributed by atoms with Gasteiger partial charge in [-0.15, -0.1) is 0 Å². The van der Waals surface area contributed by atoms with Crippen LogP contribution in [-0.2, 0) is 21.2 Å². The van der Waals surface area contributed by atoms with Gasteiger partial charge in [-0.05, 0) is 24.1 Å². The van der Waals surface area contributed by atoms with E-state index < -0.39 is 15.9 Å². The normalized spacial score (nSPS) is 11.2. The Morgan fingerprint density at radius 2 is 1.94 bits per heavy atom. The van der Waals surface area contributed by atoms with Crippen molar-refractivity contribution >= 4 is 39.1 Å². The van der Waals surface area contributed by atoms with Crippen molar-refractivity contribution in [1.29, 1.82) is 0 Å². The predicted molar refractivity (Wildman–Crippen MR) is 67.8 cm³/mol. The third kappa shape index (κ3) is 5.39. The van der Waals surface area contributed by atoms with Crippen molar-refractivity contribution in [3.05, 3.63) is 33.8 Å². The summed E-state index contributed by atoms with van der Waals surface area (Å²) in [7, 11) is -3.49. The Bertz CT molecular complexity index is 528. The molecule has 0 aliphatic rings. The zero-order chi connectivity index (χ0) is 13.1. The number of nitrogens with one attached hydrogen (secondary N) is 1. The summed E-state index contributed by atoms with van der Waals surface area (Å²) in [4.78, 5) is 11.2. The van der Waals surface area contributed by atoms with Gasteiger partial charge in [0.25, 0.3) is 0 Å². The molecule has 0 saturated carbocycles. The van der Waals surface area contributed by atoms with Gasteiger partial charge in [0, 0.05) is 6.42 Å². The van der Waals surface area contributed by atoms with Crippen LogP contribution in [0, 0.1) is 0 Å². The summed E-state index contributed by atoms with van der Waals surface area (Å²) in [5.74, 6) is -0.543. The Morgan fingerprint density at radius 3 is 2.47 bits per heavy atom. The number of benzene rings is 1. The van der Waals surface area contributed by atoms with Crippen LogP contribution >= 0.6 is 23.2 Å².